The first-order chi connectivity index (χ1) is 11.2. The van der Waals surface area contributed by atoms with Crippen LogP contribution in [0.4, 0.5) is 5.69 Å². The van der Waals surface area contributed by atoms with Crippen molar-refractivity contribution >= 4 is 27.5 Å². The third kappa shape index (κ3) is 5.71. The maximum Gasteiger partial charge on any atom is 0.259 e. The third-order valence-corrected chi connectivity index (χ3v) is 3.97. The van der Waals surface area contributed by atoms with Gasteiger partial charge in [0.05, 0.1) is 12.2 Å². The van der Waals surface area contributed by atoms with Crippen LogP contribution in [0, 0.1) is 0 Å². The minimum absolute atomic E-state index is 0.166. The molecule has 4 heteroatoms. The number of hydrogen-bond acceptors (Lipinski definition) is 2. The number of anilines is 1. The van der Waals surface area contributed by atoms with Crippen molar-refractivity contribution in [3.63, 3.8) is 0 Å². The fraction of sp³-hybridized carbons (Fsp3) is 0.316. The number of rotatable bonds is 8. The van der Waals surface area contributed by atoms with E-state index in [2.05, 4.69) is 28.2 Å². The molecule has 122 valence electrons. The molecule has 0 saturated heterocycles. The molecule has 0 atom stereocenters. The lowest BCUT2D eigenvalue weighted by molar-refractivity contribution is 0.102. The quantitative estimate of drug-likeness (QED) is 0.604. The van der Waals surface area contributed by atoms with E-state index >= 15 is 0 Å². The Kier molecular flexibility index (Phi) is 7.14. The Labute approximate surface area is 146 Å². The number of unbranched alkanes of at least 4 members (excludes halogenated alkanes) is 3. The molecule has 0 unspecified atom stereocenters. The van der Waals surface area contributed by atoms with Crippen molar-refractivity contribution in [2.24, 2.45) is 0 Å². The van der Waals surface area contributed by atoms with Gasteiger partial charge in [-0.3, -0.25) is 4.79 Å². The summed E-state index contributed by atoms with van der Waals surface area (Å²) in [7, 11) is 0. The minimum atomic E-state index is -0.166. The zero-order chi connectivity index (χ0) is 16.5. The van der Waals surface area contributed by atoms with Gasteiger partial charge in [-0.15, -0.1) is 0 Å². The van der Waals surface area contributed by atoms with Gasteiger partial charge in [0, 0.05) is 10.2 Å². The van der Waals surface area contributed by atoms with Gasteiger partial charge in [0.25, 0.3) is 5.91 Å². The molecule has 0 fully saturated rings. The smallest absolute Gasteiger partial charge is 0.259 e. The number of nitrogens with one attached hydrogen (secondary N) is 1. The van der Waals surface area contributed by atoms with Crippen LogP contribution in [0.15, 0.2) is 53.0 Å². The number of carbonyl (C=O) groups is 1. The number of amides is 1. The van der Waals surface area contributed by atoms with E-state index in [9.17, 15) is 4.79 Å². The summed E-state index contributed by atoms with van der Waals surface area (Å²) in [5, 5.41) is 2.90. The lowest BCUT2D eigenvalue weighted by Gasteiger charge is -2.12. The molecule has 0 radical (unpaired) electrons. The summed E-state index contributed by atoms with van der Waals surface area (Å²) in [5.74, 6) is 0.458. The van der Waals surface area contributed by atoms with Crippen LogP contribution in [-0.4, -0.2) is 12.5 Å². The molecule has 3 nitrogen and oxygen atoms in total. The van der Waals surface area contributed by atoms with Crippen LogP contribution < -0.4 is 10.1 Å². The van der Waals surface area contributed by atoms with E-state index in [0.29, 0.717) is 17.9 Å². The van der Waals surface area contributed by atoms with E-state index in [-0.39, 0.29) is 5.91 Å². The monoisotopic (exact) mass is 375 g/mol. The van der Waals surface area contributed by atoms with Crippen molar-refractivity contribution in [2.75, 3.05) is 11.9 Å². The van der Waals surface area contributed by atoms with Gasteiger partial charge in [0.2, 0.25) is 0 Å². The average Bonchev–Trinajstić information content (AvgIpc) is 2.56. The van der Waals surface area contributed by atoms with E-state index < -0.39 is 0 Å². The fourth-order valence-corrected chi connectivity index (χ4v) is 2.60. The molecule has 2 aromatic rings. The average molecular weight is 376 g/mol. The molecule has 0 aliphatic heterocycles. The number of carbonyl (C=O) groups excluding carboxylic acids is 1. The predicted molar refractivity (Wildman–Crippen MR) is 98.2 cm³/mol. The standard InChI is InChI=1S/C19H22BrNO2/c1-2-3-4-8-13-23-18-12-11-15(20)14-17(18)19(22)21-16-9-6-5-7-10-16/h5-7,9-12,14H,2-4,8,13H2,1H3,(H,21,22). The van der Waals surface area contributed by atoms with Crippen LogP contribution in [0.25, 0.3) is 0 Å². The molecular weight excluding hydrogens is 354 g/mol. The molecule has 0 saturated carbocycles. The van der Waals surface area contributed by atoms with Crippen LogP contribution in [0.3, 0.4) is 0 Å². The largest absolute Gasteiger partial charge is 0.493 e. The molecule has 2 rings (SSSR count). The molecule has 1 amide bonds. The summed E-state index contributed by atoms with van der Waals surface area (Å²) in [6.07, 6.45) is 4.57. The summed E-state index contributed by atoms with van der Waals surface area (Å²) in [5.41, 5.74) is 1.31. The molecular formula is C19H22BrNO2. The zero-order valence-electron chi connectivity index (χ0n) is 13.3. The fourth-order valence-electron chi connectivity index (χ4n) is 2.24. The van der Waals surface area contributed by atoms with E-state index in [0.717, 1.165) is 23.0 Å². The van der Waals surface area contributed by atoms with Crippen molar-refractivity contribution < 1.29 is 9.53 Å². The first-order valence-corrected chi connectivity index (χ1v) is 8.78. The van der Waals surface area contributed by atoms with Crippen LogP contribution >= 0.6 is 15.9 Å². The molecule has 0 heterocycles. The molecule has 0 aliphatic carbocycles. The summed E-state index contributed by atoms with van der Waals surface area (Å²) in [6, 6.07) is 14.9. The van der Waals surface area contributed by atoms with Gasteiger partial charge in [-0.1, -0.05) is 60.3 Å². The van der Waals surface area contributed by atoms with Crippen molar-refractivity contribution in [1.29, 1.82) is 0 Å². The van der Waals surface area contributed by atoms with Gasteiger partial charge in [0.1, 0.15) is 5.75 Å². The maximum atomic E-state index is 12.5. The van der Waals surface area contributed by atoms with Crippen molar-refractivity contribution in [3.8, 4) is 5.75 Å². The summed E-state index contributed by atoms with van der Waals surface area (Å²) in [6.45, 7) is 2.81. The van der Waals surface area contributed by atoms with Crippen molar-refractivity contribution in [1.82, 2.24) is 0 Å². The Morgan fingerprint density at radius 1 is 1.09 bits per heavy atom. The molecule has 2 aromatic carbocycles. The molecule has 0 bridgehead atoms. The Balaban J connectivity index is 2.04. The number of benzene rings is 2. The van der Waals surface area contributed by atoms with E-state index in [4.69, 9.17) is 4.74 Å². The predicted octanol–water partition coefficient (Wildman–Crippen LogP) is 5.66. The third-order valence-electron chi connectivity index (χ3n) is 3.47. The summed E-state index contributed by atoms with van der Waals surface area (Å²) >= 11 is 3.42. The van der Waals surface area contributed by atoms with Crippen LogP contribution in [0.5, 0.6) is 5.75 Å². The normalized spacial score (nSPS) is 10.3. The number of ether oxygens (including phenoxy) is 1. The second-order valence-corrected chi connectivity index (χ2v) is 6.29. The lowest BCUT2D eigenvalue weighted by Crippen LogP contribution is -2.14. The van der Waals surface area contributed by atoms with E-state index in [1.165, 1.54) is 12.8 Å². The van der Waals surface area contributed by atoms with Crippen LogP contribution in [-0.2, 0) is 0 Å². The Hall–Kier alpha value is -1.81. The second-order valence-electron chi connectivity index (χ2n) is 5.37. The highest BCUT2D eigenvalue weighted by atomic mass is 79.9. The van der Waals surface area contributed by atoms with Crippen molar-refractivity contribution in [2.45, 2.75) is 32.6 Å². The summed E-state index contributed by atoms with van der Waals surface area (Å²) in [4.78, 5) is 12.5. The molecule has 1 N–H and O–H groups in total. The first-order valence-electron chi connectivity index (χ1n) is 7.99. The highest BCUT2D eigenvalue weighted by Crippen LogP contribution is 2.24. The van der Waals surface area contributed by atoms with Gasteiger partial charge in [-0.05, 0) is 36.8 Å². The SMILES string of the molecule is CCCCCCOc1ccc(Br)cc1C(=O)Nc1ccccc1. The van der Waals surface area contributed by atoms with E-state index in [1.807, 2.05) is 42.5 Å². The van der Waals surface area contributed by atoms with Gasteiger partial charge >= 0.3 is 0 Å². The van der Waals surface area contributed by atoms with Crippen LogP contribution in [0.2, 0.25) is 0 Å². The molecule has 0 aromatic heterocycles. The van der Waals surface area contributed by atoms with Gasteiger partial charge in [-0.25, -0.2) is 0 Å². The van der Waals surface area contributed by atoms with Crippen LogP contribution in [0.1, 0.15) is 43.0 Å². The number of hydrogen-bond donors (Lipinski definition) is 1. The second kappa shape index (κ2) is 9.36. The van der Waals surface area contributed by atoms with Gasteiger partial charge < -0.3 is 10.1 Å². The highest BCUT2D eigenvalue weighted by Gasteiger charge is 2.13. The highest BCUT2D eigenvalue weighted by molar-refractivity contribution is 9.10. The maximum absolute atomic E-state index is 12.5. The van der Waals surface area contributed by atoms with E-state index in [1.54, 1.807) is 6.07 Å². The number of halogens is 1. The minimum Gasteiger partial charge on any atom is -0.493 e. The first kappa shape index (κ1) is 17.5. The molecule has 23 heavy (non-hydrogen) atoms. The lowest BCUT2D eigenvalue weighted by atomic mass is 10.1. The summed E-state index contributed by atoms with van der Waals surface area (Å²) < 4.78 is 6.67. The number of para-hydroxylation sites is 1. The Bertz CT molecular complexity index is 629. The molecule has 0 aliphatic rings. The van der Waals surface area contributed by atoms with Crippen molar-refractivity contribution in [3.05, 3.63) is 58.6 Å². The van der Waals surface area contributed by atoms with Gasteiger partial charge in [-0.2, -0.15) is 0 Å². The Morgan fingerprint density at radius 2 is 1.87 bits per heavy atom. The topological polar surface area (TPSA) is 38.3 Å². The zero-order valence-corrected chi connectivity index (χ0v) is 14.9. The van der Waals surface area contributed by atoms with Gasteiger partial charge in [0.15, 0.2) is 0 Å². The Morgan fingerprint density at radius 3 is 2.61 bits per heavy atom. The molecule has 0 spiro atoms.